The fraction of sp³-hybridized carbons (Fsp3) is 0.312. The van der Waals surface area contributed by atoms with Crippen LogP contribution in [0.2, 0.25) is 5.02 Å². The van der Waals surface area contributed by atoms with Gasteiger partial charge in [0.25, 0.3) is 0 Å². The molecule has 1 saturated heterocycles. The molecule has 1 aliphatic rings. The molecule has 23 heavy (non-hydrogen) atoms. The van der Waals surface area contributed by atoms with Gasteiger partial charge in [0.1, 0.15) is 11.9 Å². The zero-order chi connectivity index (χ0) is 16.2. The molecule has 3 rings (SSSR count). The molecular formula is C16H16ClN3O3. The Labute approximate surface area is 139 Å². The molecule has 0 spiro atoms. The van der Waals surface area contributed by atoms with Gasteiger partial charge in [0.2, 0.25) is 0 Å². The molecule has 1 fully saturated rings. The van der Waals surface area contributed by atoms with Crippen molar-refractivity contribution in [3.8, 4) is 5.75 Å². The van der Waals surface area contributed by atoms with Crippen molar-refractivity contribution in [3.05, 3.63) is 47.1 Å². The maximum atomic E-state index is 11.4. The fourth-order valence-electron chi connectivity index (χ4n) is 2.47. The predicted molar refractivity (Wildman–Crippen MR) is 86.1 cm³/mol. The first kappa shape index (κ1) is 15.6. The molecule has 6 nitrogen and oxygen atoms in total. The molecule has 0 aliphatic carbocycles. The van der Waals surface area contributed by atoms with Crippen molar-refractivity contribution < 1.29 is 14.3 Å². The van der Waals surface area contributed by atoms with Crippen LogP contribution < -0.4 is 9.64 Å². The highest BCUT2D eigenvalue weighted by Crippen LogP contribution is 2.23. The van der Waals surface area contributed by atoms with Crippen LogP contribution in [0.4, 0.5) is 5.82 Å². The van der Waals surface area contributed by atoms with E-state index in [9.17, 15) is 4.79 Å². The lowest BCUT2D eigenvalue weighted by Gasteiger charge is -2.17. The number of methoxy groups -OCH3 is 1. The summed E-state index contributed by atoms with van der Waals surface area (Å²) in [6.45, 7) is 1.52. The van der Waals surface area contributed by atoms with E-state index < -0.39 is 5.97 Å². The first-order chi connectivity index (χ1) is 11.2. The minimum absolute atomic E-state index is 0.0653. The third-order valence-corrected chi connectivity index (χ3v) is 3.85. The highest BCUT2D eigenvalue weighted by atomic mass is 35.5. The van der Waals surface area contributed by atoms with Gasteiger partial charge in [0.05, 0.1) is 13.7 Å². The van der Waals surface area contributed by atoms with Crippen LogP contribution in [0.5, 0.6) is 5.75 Å². The monoisotopic (exact) mass is 333 g/mol. The van der Waals surface area contributed by atoms with E-state index in [1.807, 2.05) is 18.2 Å². The summed E-state index contributed by atoms with van der Waals surface area (Å²) in [5.41, 5.74) is 0.196. The number of ether oxygens (including phenoxy) is 2. The summed E-state index contributed by atoms with van der Waals surface area (Å²) < 4.78 is 10.5. The Hall–Kier alpha value is -2.34. The molecule has 0 amide bonds. The smallest absolute Gasteiger partial charge is 0.358 e. The van der Waals surface area contributed by atoms with Crippen LogP contribution >= 0.6 is 11.6 Å². The van der Waals surface area contributed by atoms with Crippen LogP contribution in [-0.4, -0.2) is 42.5 Å². The fourth-order valence-corrected chi connectivity index (χ4v) is 2.65. The minimum atomic E-state index is -0.493. The molecule has 0 unspecified atom stereocenters. The van der Waals surface area contributed by atoms with Crippen molar-refractivity contribution in [2.24, 2.45) is 0 Å². The molecule has 2 heterocycles. The SMILES string of the molecule is COC(=O)c1ccc(N2CC[C@H](Oc3cccc(Cl)c3)C2)nn1. The predicted octanol–water partition coefficient (Wildman–Crippen LogP) is 2.57. The molecular weight excluding hydrogens is 318 g/mol. The molecule has 0 radical (unpaired) electrons. The summed E-state index contributed by atoms with van der Waals surface area (Å²) in [5.74, 6) is 0.985. The van der Waals surface area contributed by atoms with E-state index in [1.54, 1.807) is 18.2 Å². The summed E-state index contributed by atoms with van der Waals surface area (Å²) in [6.07, 6.45) is 0.947. The normalized spacial score (nSPS) is 17.1. The van der Waals surface area contributed by atoms with Gasteiger partial charge in [-0.2, -0.15) is 0 Å². The number of nitrogens with zero attached hydrogens (tertiary/aromatic N) is 3. The highest BCUT2D eigenvalue weighted by Gasteiger charge is 2.25. The van der Waals surface area contributed by atoms with Crippen molar-refractivity contribution in [2.75, 3.05) is 25.1 Å². The number of carbonyl (C=O) groups is 1. The maximum Gasteiger partial charge on any atom is 0.358 e. The maximum absolute atomic E-state index is 11.4. The van der Waals surface area contributed by atoms with Crippen LogP contribution in [-0.2, 0) is 4.74 Å². The molecule has 7 heteroatoms. The number of esters is 1. The van der Waals surface area contributed by atoms with Crippen molar-refractivity contribution in [1.82, 2.24) is 10.2 Å². The zero-order valence-corrected chi connectivity index (χ0v) is 13.4. The second-order valence-corrected chi connectivity index (χ2v) is 5.64. The average molecular weight is 334 g/mol. The van der Waals surface area contributed by atoms with Gasteiger partial charge in [-0.25, -0.2) is 4.79 Å². The molecule has 1 aromatic heterocycles. The molecule has 1 atom stereocenters. The van der Waals surface area contributed by atoms with Crippen LogP contribution in [0, 0.1) is 0 Å². The van der Waals surface area contributed by atoms with Gasteiger partial charge in [-0.05, 0) is 30.3 Å². The number of benzene rings is 1. The number of hydrogen-bond acceptors (Lipinski definition) is 6. The number of aromatic nitrogens is 2. The Morgan fingerprint density at radius 1 is 1.30 bits per heavy atom. The number of rotatable bonds is 4. The van der Waals surface area contributed by atoms with E-state index >= 15 is 0 Å². The molecule has 120 valence electrons. The summed E-state index contributed by atoms with van der Waals surface area (Å²) in [5, 5.41) is 8.63. The van der Waals surface area contributed by atoms with Crippen molar-refractivity contribution in [3.63, 3.8) is 0 Å². The van der Waals surface area contributed by atoms with Gasteiger partial charge in [-0.1, -0.05) is 17.7 Å². The van der Waals surface area contributed by atoms with Gasteiger partial charge < -0.3 is 14.4 Å². The molecule has 1 aromatic carbocycles. The van der Waals surface area contributed by atoms with E-state index in [-0.39, 0.29) is 11.8 Å². The Balaban J connectivity index is 1.62. The van der Waals surface area contributed by atoms with Gasteiger partial charge in [-0.15, -0.1) is 10.2 Å². The number of carbonyl (C=O) groups excluding carboxylic acids is 1. The van der Waals surface area contributed by atoms with Crippen molar-refractivity contribution >= 4 is 23.4 Å². The van der Waals surface area contributed by atoms with Crippen LogP contribution in [0.1, 0.15) is 16.9 Å². The summed E-state index contributed by atoms with van der Waals surface area (Å²) in [7, 11) is 1.32. The van der Waals surface area contributed by atoms with Crippen LogP contribution in [0.15, 0.2) is 36.4 Å². The Kier molecular flexibility index (Phi) is 4.62. The topological polar surface area (TPSA) is 64.5 Å². The van der Waals surface area contributed by atoms with E-state index in [0.717, 1.165) is 24.5 Å². The summed E-state index contributed by atoms with van der Waals surface area (Å²) >= 11 is 5.96. The Bertz CT molecular complexity index is 693. The lowest BCUT2D eigenvalue weighted by Crippen LogP contribution is -2.25. The lowest BCUT2D eigenvalue weighted by atomic mass is 10.3. The molecule has 1 aliphatic heterocycles. The van der Waals surface area contributed by atoms with Crippen LogP contribution in [0.25, 0.3) is 0 Å². The Morgan fingerprint density at radius 3 is 2.87 bits per heavy atom. The lowest BCUT2D eigenvalue weighted by molar-refractivity contribution is 0.0592. The van der Waals surface area contributed by atoms with E-state index in [4.69, 9.17) is 16.3 Å². The first-order valence-corrected chi connectivity index (χ1v) is 7.63. The number of hydrogen-bond donors (Lipinski definition) is 0. The summed E-state index contributed by atoms with van der Waals surface area (Å²) in [6, 6.07) is 10.7. The van der Waals surface area contributed by atoms with Crippen LogP contribution in [0.3, 0.4) is 0 Å². The van der Waals surface area contributed by atoms with Gasteiger partial charge in [0, 0.05) is 18.0 Å². The average Bonchev–Trinajstić information content (AvgIpc) is 3.03. The van der Waals surface area contributed by atoms with E-state index in [0.29, 0.717) is 11.6 Å². The molecule has 0 saturated carbocycles. The zero-order valence-electron chi connectivity index (χ0n) is 12.6. The standard InChI is InChI=1S/C16H16ClN3O3/c1-22-16(21)14-5-6-15(19-18-14)20-8-7-13(10-20)23-12-4-2-3-11(17)9-12/h2-6,9,13H,7-8,10H2,1H3/t13-/m0/s1. The van der Waals surface area contributed by atoms with E-state index in [2.05, 4.69) is 19.8 Å². The molecule has 0 N–H and O–H groups in total. The second kappa shape index (κ2) is 6.83. The minimum Gasteiger partial charge on any atom is -0.488 e. The largest absolute Gasteiger partial charge is 0.488 e. The summed E-state index contributed by atoms with van der Waals surface area (Å²) in [4.78, 5) is 13.4. The van der Waals surface area contributed by atoms with Crippen molar-refractivity contribution in [2.45, 2.75) is 12.5 Å². The number of halogens is 1. The third kappa shape index (κ3) is 3.71. The first-order valence-electron chi connectivity index (χ1n) is 7.25. The van der Waals surface area contributed by atoms with E-state index in [1.165, 1.54) is 7.11 Å². The quantitative estimate of drug-likeness (QED) is 0.801. The molecule has 2 aromatic rings. The number of anilines is 1. The third-order valence-electron chi connectivity index (χ3n) is 3.61. The van der Waals surface area contributed by atoms with Gasteiger partial charge in [-0.3, -0.25) is 0 Å². The highest BCUT2D eigenvalue weighted by molar-refractivity contribution is 6.30. The Morgan fingerprint density at radius 2 is 2.17 bits per heavy atom. The van der Waals surface area contributed by atoms with Crippen molar-refractivity contribution in [1.29, 1.82) is 0 Å². The second-order valence-electron chi connectivity index (χ2n) is 5.20. The van der Waals surface area contributed by atoms with Gasteiger partial charge >= 0.3 is 5.97 Å². The van der Waals surface area contributed by atoms with Gasteiger partial charge in [0.15, 0.2) is 11.5 Å². The molecule has 0 bridgehead atoms.